The van der Waals surface area contributed by atoms with Crippen LogP contribution in [0.25, 0.3) is 0 Å². The summed E-state index contributed by atoms with van der Waals surface area (Å²) in [5.74, 6) is -0.0806. The van der Waals surface area contributed by atoms with Crippen molar-refractivity contribution in [1.82, 2.24) is 9.62 Å². The smallest absolute Gasteiger partial charge is 0.243 e. The molecule has 0 bridgehead atoms. The highest BCUT2D eigenvalue weighted by Gasteiger charge is 2.30. The number of hydrogen-bond acceptors (Lipinski definition) is 4. The molecule has 0 saturated carbocycles. The highest BCUT2D eigenvalue weighted by Crippen LogP contribution is 2.25. The topological polar surface area (TPSA) is 92.5 Å². The van der Waals surface area contributed by atoms with Gasteiger partial charge in [-0.1, -0.05) is 6.07 Å². The van der Waals surface area contributed by atoms with Crippen LogP contribution in [0.1, 0.15) is 25.3 Å². The number of amides is 1. The number of piperidine rings is 1. The van der Waals surface area contributed by atoms with E-state index in [1.54, 1.807) is 19.1 Å². The third-order valence-electron chi connectivity index (χ3n) is 3.69. The Balaban J connectivity index is 2.15. The fourth-order valence-corrected chi connectivity index (χ4v) is 4.29. The summed E-state index contributed by atoms with van der Waals surface area (Å²) in [4.78, 5) is 11.3. The molecule has 0 spiro atoms. The van der Waals surface area contributed by atoms with Gasteiger partial charge in [-0.3, -0.25) is 4.79 Å². The monoisotopic (exact) mass is 311 g/mol. The molecule has 7 heteroatoms. The SMILES string of the molecule is CC(=O)NC1CCN(S(=O)(=O)c2cc(N)ccc2C)CC1. The molecule has 1 fully saturated rings. The van der Waals surface area contributed by atoms with Gasteiger partial charge < -0.3 is 11.1 Å². The summed E-state index contributed by atoms with van der Waals surface area (Å²) >= 11 is 0. The lowest BCUT2D eigenvalue weighted by Crippen LogP contribution is -2.46. The Kier molecular flexibility index (Phi) is 4.53. The van der Waals surface area contributed by atoms with E-state index in [1.807, 2.05) is 0 Å². The summed E-state index contributed by atoms with van der Waals surface area (Å²) < 4.78 is 26.8. The predicted molar refractivity (Wildman–Crippen MR) is 81.2 cm³/mol. The van der Waals surface area contributed by atoms with Crippen LogP contribution < -0.4 is 11.1 Å². The highest BCUT2D eigenvalue weighted by molar-refractivity contribution is 7.89. The van der Waals surface area contributed by atoms with Crippen molar-refractivity contribution < 1.29 is 13.2 Å². The fraction of sp³-hybridized carbons (Fsp3) is 0.500. The number of nitrogen functional groups attached to an aromatic ring is 1. The zero-order chi connectivity index (χ0) is 15.6. The molecule has 1 saturated heterocycles. The summed E-state index contributed by atoms with van der Waals surface area (Å²) in [7, 11) is -3.53. The number of nitrogens with two attached hydrogens (primary N) is 1. The van der Waals surface area contributed by atoms with E-state index in [-0.39, 0.29) is 16.8 Å². The van der Waals surface area contributed by atoms with Crippen LogP contribution >= 0.6 is 0 Å². The van der Waals surface area contributed by atoms with Crippen LogP contribution in [0.15, 0.2) is 23.1 Å². The average Bonchev–Trinajstić information content (AvgIpc) is 2.41. The largest absolute Gasteiger partial charge is 0.399 e. The van der Waals surface area contributed by atoms with Crippen molar-refractivity contribution in [2.75, 3.05) is 18.8 Å². The Morgan fingerprint density at radius 1 is 1.33 bits per heavy atom. The second-order valence-electron chi connectivity index (χ2n) is 5.40. The Morgan fingerprint density at radius 2 is 1.95 bits per heavy atom. The van der Waals surface area contributed by atoms with E-state index in [1.165, 1.54) is 17.3 Å². The summed E-state index contributed by atoms with van der Waals surface area (Å²) in [6.45, 7) is 4.04. The minimum atomic E-state index is -3.53. The van der Waals surface area contributed by atoms with Crippen molar-refractivity contribution in [2.45, 2.75) is 37.6 Å². The fourth-order valence-electron chi connectivity index (χ4n) is 2.56. The molecule has 0 aliphatic carbocycles. The Morgan fingerprint density at radius 3 is 2.52 bits per heavy atom. The van der Waals surface area contributed by atoms with Gasteiger partial charge in [0.25, 0.3) is 0 Å². The second kappa shape index (κ2) is 6.03. The molecule has 1 aromatic rings. The molecule has 2 rings (SSSR count). The Labute approximate surface area is 125 Å². The zero-order valence-corrected chi connectivity index (χ0v) is 13.1. The third-order valence-corrected chi connectivity index (χ3v) is 5.73. The first kappa shape index (κ1) is 15.8. The van der Waals surface area contributed by atoms with Gasteiger partial charge in [0.05, 0.1) is 4.90 Å². The Bertz CT molecular complexity index is 635. The number of nitrogens with zero attached hydrogens (tertiary/aromatic N) is 1. The molecule has 21 heavy (non-hydrogen) atoms. The molecular weight excluding hydrogens is 290 g/mol. The second-order valence-corrected chi connectivity index (χ2v) is 7.31. The number of rotatable bonds is 3. The number of anilines is 1. The minimum Gasteiger partial charge on any atom is -0.399 e. The maximum absolute atomic E-state index is 12.7. The highest BCUT2D eigenvalue weighted by atomic mass is 32.2. The molecule has 0 atom stereocenters. The average molecular weight is 311 g/mol. The first-order chi connectivity index (χ1) is 9.80. The first-order valence-electron chi connectivity index (χ1n) is 6.94. The number of aryl methyl sites for hydroxylation is 1. The summed E-state index contributed by atoms with van der Waals surface area (Å²) in [6, 6.07) is 4.96. The lowest BCUT2D eigenvalue weighted by atomic mass is 10.1. The summed E-state index contributed by atoms with van der Waals surface area (Å²) in [5, 5.41) is 2.83. The molecule has 1 aromatic carbocycles. The molecule has 0 radical (unpaired) electrons. The van der Waals surface area contributed by atoms with Gasteiger partial charge in [0.2, 0.25) is 15.9 Å². The van der Waals surface area contributed by atoms with Gasteiger partial charge >= 0.3 is 0 Å². The van der Waals surface area contributed by atoms with Crippen LogP contribution in [0.3, 0.4) is 0 Å². The molecule has 116 valence electrons. The van der Waals surface area contributed by atoms with Gasteiger partial charge in [-0.25, -0.2) is 8.42 Å². The molecular formula is C14H21N3O3S. The van der Waals surface area contributed by atoms with Crippen molar-refractivity contribution in [1.29, 1.82) is 0 Å². The number of hydrogen-bond donors (Lipinski definition) is 2. The van der Waals surface area contributed by atoms with Crippen molar-refractivity contribution >= 4 is 21.6 Å². The number of sulfonamides is 1. The lowest BCUT2D eigenvalue weighted by molar-refractivity contribution is -0.119. The van der Waals surface area contributed by atoms with Crippen molar-refractivity contribution in [3.63, 3.8) is 0 Å². The molecule has 6 nitrogen and oxygen atoms in total. The number of benzene rings is 1. The maximum atomic E-state index is 12.7. The van der Waals surface area contributed by atoms with Gasteiger partial charge in [0.1, 0.15) is 0 Å². The van der Waals surface area contributed by atoms with Crippen LogP contribution in [-0.2, 0) is 14.8 Å². The molecule has 1 heterocycles. The van der Waals surface area contributed by atoms with Crippen molar-refractivity contribution in [2.24, 2.45) is 0 Å². The molecule has 1 amide bonds. The van der Waals surface area contributed by atoms with E-state index >= 15 is 0 Å². The molecule has 3 N–H and O–H groups in total. The normalized spacial score (nSPS) is 17.6. The van der Waals surface area contributed by atoms with E-state index in [9.17, 15) is 13.2 Å². The summed E-state index contributed by atoms with van der Waals surface area (Å²) in [6.07, 6.45) is 1.25. The molecule has 1 aliphatic heterocycles. The van der Waals surface area contributed by atoms with Gasteiger partial charge in [-0.15, -0.1) is 0 Å². The van der Waals surface area contributed by atoms with Gasteiger partial charge in [-0.05, 0) is 37.5 Å². The quantitative estimate of drug-likeness (QED) is 0.810. The van der Waals surface area contributed by atoms with Crippen molar-refractivity contribution in [3.8, 4) is 0 Å². The van der Waals surface area contributed by atoms with E-state index in [4.69, 9.17) is 5.73 Å². The van der Waals surface area contributed by atoms with Crippen LogP contribution in [-0.4, -0.2) is 37.8 Å². The molecule has 1 aliphatic rings. The van der Waals surface area contributed by atoms with Crippen molar-refractivity contribution in [3.05, 3.63) is 23.8 Å². The molecule has 0 aromatic heterocycles. The first-order valence-corrected chi connectivity index (χ1v) is 8.38. The van der Waals surface area contributed by atoms with E-state index in [0.717, 1.165) is 0 Å². The van der Waals surface area contributed by atoms with Crippen LogP contribution in [0.5, 0.6) is 0 Å². The zero-order valence-electron chi connectivity index (χ0n) is 12.3. The standard InChI is InChI=1S/C14H21N3O3S/c1-10-3-4-12(15)9-14(10)21(19,20)17-7-5-13(6-8-17)16-11(2)18/h3-4,9,13H,5-8,15H2,1-2H3,(H,16,18). The van der Waals surface area contributed by atoms with E-state index < -0.39 is 10.0 Å². The third kappa shape index (κ3) is 3.54. The van der Waals surface area contributed by atoms with E-state index in [2.05, 4.69) is 5.32 Å². The number of carbonyl (C=O) groups is 1. The molecule has 0 unspecified atom stereocenters. The number of nitrogens with one attached hydrogen (secondary N) is 1. The van der Waals surface area contributed by atoms with Gasteiger partial charge in [-0.2, -0.15) is 4.31 Å². The van der Waals surface area contributed by atoms with Crippen LogP contribution in [0, 0.1) is 6.92 Å². The van der Waals surface area contributed by atoms with Gasteiger partial charge in [0, 0.05) is 31.7 Å². The minimum absolute atomic E-state index is 0.0517. The maximum Gasteiger partial charge on any atom is 0.243 e. The lowest BCUT2D eigenvalue weighted by Gasteiger charge is -2.31. The van der Waals surface area contributed by atoms with Crippen LogP contribution in [0.4, 0.5) is 5.69 Å². The Hall–Kier alpha value is -1.60. The van der Waals surface area contributed by atoms with Crippen LogP contribution in [0.2, 0.25) is 0 Å². The summed E-state index contributed by atoms with van der Waals surface area (Å²) in [5.41, 5.74) is 6.83. The van der Waals surface area contributed by atoms with Gasteiger partial charge in [0.15, 0.2) is 0 Å². The predicted octanol–water partition coefficient (Wildman–Crippen LogP) is 0.866. The number of carbonyl (C=O) groups excluding carboxylic acids is 1. The van der Waals surface area contributed by atoms with E-state index in [0.29, 0.717) is 37.2 Å².